The van der Waals surface area contributed by atoms with Crippen molar-refractivity contribution in [1.82, 2.24) is 9.97 Å². The van der Waals surface area contributed by atoms with E-state index in [-0.39, 0.29) is 27.8 Å². The van der Waals surface area contributed by atoms with Crippen LogP contribution in [0.1, 0.15) is 40.2 Å². The number of nitrogens with zero attached hydrogens (tertiary/aromatic N) is 5. The molecule has 2 saturated heterocycles. The molecule has 0 N–H and O–H groups in total. The van der Waals surface area contributed by atoms with Gasteiger partial charge in [-0.15, -0.1) is 22.7 Å². The van der Waals surface area contributed by atoms with Crippen molar-refractivity contribution in [1.29, 1.82) is 5.26 Å². The molecule has 1 unspecified atom stereocenters. The second-order valence-electron chi connectivity index (χ2n) is 12.2. The summed E-state index contributed by atoms with van der Waals surface area (Å²) in [5.74, 6) is 0.0547. The molecule has 0 saturated carbocycles. The Labute approximate surface area is 282 Å². The first-order valence-corrected chi connectivity index (χ1v) is 18.2. The Hall–Kier alpha value is -4.16. The Morgan fingerprint density at radius 1 is 0.979 bits per heavy atom. The fourth-order valence-corrected chi connectivity index (χ4v) is 8.04. The lowest BCUT2D eigenvalue weighted by Gasteiger charge is -2.30. The largest absolute Gasteiger partial charge is 0.447 e. The van der Waals surface area contributed by atoms with Gasteiger partial charge in [0.1, 0.15) is 6.61 Å². The Morgan fingerprint density at radius 3 is 2.26 bits per heavy atom. The number of carbonyl (C=O) groups excluding carboxylic acids is 2. The highest BCUT2D eigenvalue weighted by atomic mass is 32.2. The summed E-state index contributed by atoms with van der Waals surface area (Å²) in [4.78, 5) is 36.1. The van der Waals surface area contributed by atoms with Gasteiger partial charge in [-0.2, -0.15) is 5.26 Å². The monoisotopic (exact) mass is 693 g/mol. The van der Waals surface area contributed by atoms with Gasteiger partial charge in [0.05, 0.1) is 52.2 Å². The fraction of sp³-hybridized carbons (Fsp3) is 0.364. The third-order valence-electron chi connectivity index (χ3n) is 7.75. The van der Waals surface area contributed by atoms with E-state index < -0.39 is 16.1 Å². The van der Waals surface area contributed by atoms with E-state index in [0.29, 0.717) is 35.6 Å². The Morgan fingerprint density at radius 2 is 1.64 bits per heavy atom. The van der Waals surface area contributed by atoms with Gasteiger partial charge in [0.2, 0.25) is 0 Å². The highest BCUT2D eigenvalue weighted by Crippen LogP contribution is 2.37. The van der Waals surface area contributed by atoms with Crippen LogP contribution in [0.15, 0.2) is 64.2 Å². The van der Waals surface area contributed by atoms with Crippen molar-refractivity contribution < 1.29 is 27.5 Å². The molecule has 4 aromatic rings. The maximum Gasteiger partial charge on any atom is 0.416 e. The number of thiazole rings is 2. The van der Waals surface area contributed by atoms with Crippen LogP contribution in [0.25, 0.3) is 22.5 Å². The van der Waals surface area contributed by atoms with Crippen molar-refractivity contribution in [2.75, 3.05) is 28.8 Å². The standard InChI is InChI=1S/C17H20N2O4S2.C16H15N3O2S/c1-4-25(21,22)13-7-5-6-12(8-13)14-10-24-16(18-14)19-15(9-20)23-11-17(19,2)3;1-16(2)10-21-15(20)19(16)14-18-13(9-22-14)12-5-3-11(4-6-12)7-8-17/h5-10,15H,4,11H2,1-3H3;3-6,9H,7,10H2,1-2H3. The number of anilines is 2. The van der Waals surface area contributed by atoms with Crippen molar-refractivity contribution >= 4 is 55.2 Å². The number of ether oxygens (including phenoxy) is 2. The molecule has 14 heteroatoms. The highest BCUT2D eigenvalue weighted by molar-refractivity contribution is 7.91. The molecule has 2 aliphatic heterocycles. The van der Waals surface area contributed by atoms with Crippen molar-refractivity contribution in [2.45, 2.75) is 63.2 Å². The third kappa shape index (κ3) is 7.23. The number of aldehydes is 1. The zero-order valence-corrected chi connectivity index (χ0v) is 29.1. The molecule has 0 spiro atoms. The van der Waals surface area contributed by atoms with E-state index in [1.54, 1.807) is 30.0 Å². The molecule has 6 rings (SSSR count). The minimum Gasteiger partial charge on any atom is -0.447 e. The van der Waals surface area contributed by atoms with Crippen LogP contribution in [0.3, 0.4) is 0 Å². The van der Waals surface area contributed by atoms with E-state index in [0.717, 1.165) is 28.7 Å². The van der Waals surface area contributed by atoms with Gasteiger partial charge < -0.3 is 14.4 Å². The van der Waals surface area contributed by atoms with Gasteiger partial charge in [-0.25, -0.2) is 28.1 Å². The Bertz CT molecular complexity index is 1910. The zero-order chi connectivity index (χ0) is 34.0. The van der Waals surface area contributed by atoms with E-state index >= 15 is 0 Å². The summed E-state index contributed by atoms with van der Waals surface area (Å²) >= 11 is 2.83. The molecular formula is C33H35N5O6S3. The number of benzene rings is 2. The maximum absolute atomic E-state index is 12.1. The van der Waals surface area contributed by atoms with Gasteiger partial charge in [0.25, 0.3) is 0 Å². The average Bonchev–Trinajstić information content (AvgIpc) is 3.84. The van der Waals surface area contributed by atoms with E-state index in [9.17, 15) is 18.0 Å². The summed E-state index contributed by atoms with van der Waals surface area (Å²) < 4.78 is 34.8. The second-order valence-corrected chi connectivity index (χ2v) is 16.2. The molecule has 1 atom stereocenters. The first-order chi connectivity index (χ1) is 22.3. The van der Waals surface area contributed by atoms with Crippen LogP contribution < -0.4 is 9.80 Å². The van der Waals surface area contributed by atoms with E-state index in [4.69, 9.17) is 14.7 Å². The first-order valence-electron chi connectivity index (χ1n) is 14.8. The van der Waals surface area contributed by atoms with Crippen molar-refractivity contribution in [2.24, 2.45) is 0 Å². The number of carbonyl (C=O) groups is 2. The molecule has 47 heavy (non-hydrogen) atoms. The predicted octanol–water partition coefficient (Wildman–Crippen LogP) is 6.36. The van der Waals surface area contributed by atoms with Crippen LogP contribution in [0, 0.1) is 11.3 Å². The first kappa shape index (κ1) is 34.2. The molecule has 1 amide bonds. The maximum atomic E-state index is 12.1. The molecule has 2 aromatic heterocycles. The number of cyclic esters (lactones) is 1. The predicted molar refractivity (Wildman–Crippen MR) is 182 cm³/mol. The normalized spacial score (nSPS) is 18.3. The van der Waals surface area contributed by atoms with E-state index in [1.165, 1.54) is 22.7 Å². The minimum atomic E-state index is -3.27. The van der Waals surface area contributed by atoms with Crippen molar-refractivity contribution in [3.63, 3.8) is 0 Å². The van der Waals surface area contributed by atoms with Crippen LogP contribution in [-0.4, -0.2) is 67.0 Å². The van der Waals surface area contributed by atoms with Crippen molar-refractivity contribution in [3.8, 4) is 28.6 Å². The van der Waals surface area contributed by atoms with Crippen LogP contribution >= 0.6 is 22.7 Å². The van der Waals surface area contributed by atoms with Crippen LogP contribution in [-0.2, 0) is 30.5 Å². The van der Waals surface area contributed by atoms with Crippen LogP contribution in [0.2, 0.25) is 0 Å². The van der Waals surface area contributed by atoms with Crippen molar-refractivity contribution in [3.05, 3.63) is 64.9 Å². The summed E-state index contributed by atoms with van der Waals surface area (Å²) in [7, 11) is -3.27. The van der Waals surface area contributed by atoms with Crippen LogP contribution in [0.4, 0.5) is 15.1 Å². The zero-order valence-electron chi connectivity index (χ0n) is 26.7. The number of aromatic nitrogens is 2. The van der Waals surface area contributed by atoms with Gasteiger partial charge in [0, 0.05) is 21.9 Å². The number of nitriles is 1. The Kier molecular flexibility index (Phi) is 9.83. The van der Waals surface area contributed by atoms with E-state index in [2.05, 4.69) is 16.0 Å². The lowest BCUT2D eigenvalue weighted by Crippen LogP contribution is -2.45. The summed E-state index contributed by atoms with van der Waals surface area (Å²) in [5, 5.41) is 13.8. The topological polar surface area (TPSA) is 143 Å². The summed E-state index contributed by atoms with van der Waals surface area (Å²) in [6.45, 7) is 10.3. The molecule has 4 heterocycles. The van der Waals surface area contributed by atoms with E-state index in [1.807, 2.05) is 73.7 Å². The average molecular weight is 694 g/mol. The lowest BCUT2D eigenvalue weighted by molar-refractivity contribution is -0.115. The minimum absolute atomic E-state index is 0.0547. The molecule has 0 aliphatic carbocycles. The third-order valence-corrected chi connectivity index (χ3v) is 11.1. The molecule has 0 bridgehead atoms. The van der Waals surface area contributed by atoms with Gasteiger partial charge >= 0.3 is 6.09 Å². The molecule has 246 valence electrons. The number of amides is 1. The molecular weight excluding hydrogens is 659 g/mol. The summed E-state index contributed by atoms with van der Waals surface area (Å²) in [5.41, 5.74) is 3.45. The smallest absolute Gasteiger partial charge is 0.416 e. The molecule has 2 aliphatic rings. The summed E-state index contributed by atoms with van der Waals surface area (Å²) in [6.07, 6.45) is 0.164. The lowest BCUT2D eigenvalue weighted by atomic mass is 10.1. The van der Waals surface area contributed by atoms with Gasteiger partial charge in [-0.1, -0.05) is 43.3 Å². The van der Waals surface area contributed by atoms with Crippen LogP contribution in [0.5, 0.6) is 0 Å². The SMILES string of the molecule is CC1(C)COC(=O)N1c1nc(-c2ccc(CC#N)cc2)cs1.CCS(=O)(=O)c1cccc(-c2csc(N3C(C=O)OCC3(C)C)n2)c1. The van der Waals surface area contributed by atoms with Gasteiger partial charge in [-0.3, -0.25) is 4.79 Å². The number of hydrogen-bond donors (Lipinski definition) is 0. The number of rotatable bonds is 8. The number of hydrogen-bond acceptors (Lipinski definition) is 12. The molecule has 2 aromatic carbocycles. The fourth-order valence-electron chi connectivity index (χ4n) is 5.10. The molecule has 11 nitrogen and oxygen atoms in total. The van der Waals surface area contributed by atoms with Gasteiger partial charge in [0.15, 0.2) is 32.6 Å². The second kappa shape index (κ2) is 13.5. The quantitative estimate of drug-likeness (QED) is 0.192. The highest BCUT2D eigenvalue weighted by Gasteiger charge is 2.43. The molecule has 2 fully saturated rings. The van der Waals surface area contributed by atoms with Gasteiger partial charge in [-0.05, 0) is 45.4 Å². The number of sulfone groups is 1. The molecule has 0 radical (unpaired) electrons. The Balaban J connectivity index is 0.000000186. The summed E-state index contributed by atoms with van der Waals surface area (Å²) in [6, 6.07) is 16.6.